The predicted molar refractivity (Wildman–Crippen MR) is 82.9 cm³/mol. The monoisotopic (exact) mass is 320 g/mol. The molecule has 23 heavy (non-hydrogen) atoms. The minimum absolute atomic E-state index is 0.234. The highest BCUT2D eigenvalue weighted by Crippen LogP contribution is 2.59. The van der Waals surface area contributed by atoms with Crippen molar-refractivity contribution in [3.8, 4) is 0 Å². The van der Waals surface area contributed by atoms with E-state index >= 15 is 0 Å². The van der Waals surface area contributed by atoms with Crippen LogP contribution in [0.5, 0.6) is 0 Å². The minimum atomic E-state index is -4.34. The van der Waals surface area contributed by atoms with E-state index in [-0.39, 0.29) is 5.41 Å². The van der Waals surface area contributed by atoms with Crippen LogP contribution in [0.25, 0.3) is 0 Å². The van der Waals surface area contributed by atoms with Crippen LogP contribution >= 0.6 is 0 Å². The second-order valence-corrected chi connectivity index (χ2v) is 6.82. The molecule has 1 heterocycles. The van der Waals surface area contributed by atoms with E-state index in [0.717, 1.165) is 29.8 Å². The van der Waals surface area contributed by atoms with Crippen molar-refractivity contribution in [2.75, 3.05) is 0 Å². The molecule has 2 aromatic rings. The standard InChI is InChI=1S/C18H19F3N2/c1-17(2)10-14(17)13-4-3-9-23-16(13)15(22)11-5-7-12(8-6-11)18(19,20)21/h3-9,14-15H,10,22H2,1-2H3/t14-,15+/m1/s1. The van der Waals surface area contributed by atoms with Gasteiger partial charge in [0.25, 0.3) is 0 Å². The average Bonchev–Trinajstić information content (AvgIpc) is 3.14. The van der Waals surface area contributed by atoms with Crippen LogP contribution in [0.3, 0.4) is 0 Å². The molecule has 0 aliphatic heterocycles. The van der Waals surface area contributed by atoms with Crippen LogP contribution in [0.2, 0.25) is 0 Å². The fourth-order valence-electron chi connectivity index (χ4n) is 3.02. The summed E-state index contributed by atoms with van der Waals surface area (Å²) < 4.78 is 38.0. The first-order chi connectivity index (χ1) is 10.7. The number of hydrogen-bond acceptors (Lipinski definition) is 2. The van der Waals surface area contributed by atoms with Crippen LogP contribution in [0.15, 0.2) is 42.6 Å². The van der Waals surface area contributed by atoms with Gasteiger partial charge in [-0.05, 0) is 47.1 Å². The quantitative estimate of drug-likeness (QED) is 0.893. The van der Waals surface area contributed by atoms with Gasteiger partial charge in [0.05, 0.1) is 17.3 Å². The number of rotatable bonds is 3. The number of nitrogens with zero attached hydrogens (tertiary/aromatic N) is 1. The summed E-state index contributed by atoms with van der Waals surface area (Å²) in [6, 6.07) is 8.38. The highest BCUT2D eigenvalue weighted by molar-refractivity contribution is 5.39. The van der Waals surface area contributed by atoms with Crippen molar-refractivity contribution in [1.82, 2.24) is 4.98 Å². The van der Waals surface area contributed by atoms with E-state index in [9.17, 15) is 13.2 Å². The number of pyridine rings is 1. The lowest BCUT2D eigenvalue weighted by Crippen LogP contribution is -2.16. The van der Waals surface area contributed by atoms with Crippen molar-refractivity contribution >= 4 is 0 Å². The summed E-state index contributed by atoms with van der Waals surface area (Å²) in [7, 11) is 0. The minimum Gasteiger partial charge on any atom is -0.319 e. The third kappa shape index (κ3) is 3.11. The molecule has 1 fully saturated rings. The summed E-state index contributed by atoms with van der Waals surface area (Å²) in [5.41, 5.74) is 8.34. The first-order valence-corrected chi connectivity index (χ1v) is 7.58. The van der Waals surface area contributed by atoms with Gasteiger partial charge < -0.3 is 5.73 Å². The van der Waals surface area contributed by atoms with Crippen LogP contribution in [-0.2, 0) is 6.18 Å². The van der Waals surface area contributed by atoms with Crippen molar-refractivity contribution < 1.29 is 13.2 Å². The number of benzene rings is 1. The zero-order valence-electron chi connectivity index (χ0n) is 13.1. The number of hydrogen-bond donors (Lipinski definition) is 1. The molecule has 0 saturated heterocycles. The van der Waals surface area contributed by atoms with E-state index in [2.05, 4.69) is 18.8 Å². The van der Waals surface area contributed by atoms with Crippen LogP contribution in [0.4, 0.5) is 13.2 Å². The Hall–Kier alpha value is -1.88. The maximum atomic E-state index is 12.7. The van der Waals surface area contributed by atoms with E-state index in [1.165, 1.54) is 12.1 Å². The molecule has 122 valence electrons. The number of aromatic nitrogens is 1. The third-order valence-corrected chi connectivity index (χ3v) is 4.65. The molecule has 1 aliphatic carbocycles. The molecule has 0 radical (unpaired) electrons. The summed E-state index contributed by atoms with van der Waals surface area (Å²) in [5, 5.41) is 0. The molecule has 1 aliphatic rings. The maximum Gasteiger partial charge on any atom is 0.416 e. The normalized spacial score (nSPS) is 21.0. The molecule has 1 aromatic carbocycles. The van der Waals surface area contributed by atoms with E-state index in [4.69, 9.17) is 5.73 Å². The molecule has 2 nitrogen and oxygen atoms in total. The van der Waals surface area contributed by atoms with Crippen LogP contribution < -0.4 is 5.73 Å². The lowest BCUT2D eigenvalue weighted by molar-refractivity contribution is -0.137. The molecule has 1 aromatic heterocycles. The smallest absolute Gasteiger partial charge is 0.319 e. The largest absolute Gasteiger partial charge is 0.416 e. The van der Waals surface area contributed by atoms with Gasteiger partial charge in [-0.3, -0.25) is 4.98 Å². The number of nitrogens with two attached hydrogens (primary N) is 1. The second kappa shape index (κ2) is 5.34. The van der Waals surface area contributed by atoms with E-state index in [0.29, 0.717) is 11.5 Å². The molecule has 2 atom stereocenters. The molecule has 0 unspecified atom stereocenters. The lowest BCUT2D eigenvalue weighted by atomic mass is 9.94. The van der Waals surface area contributed by atoms with E-state index in [1.54, 1.807) is 6.20 Å². The number of halogens is 3. The van der Waals surface area contributed by atoms with E-state index < -0.39 is 17.8 Å². The van der Waals surface area contributed by atoms with Gasteiger partial charge in [0.1, 0.15) is 0 Å². The Morgan fingerprint density at radius 1 is 1.17 bits per heavy atom. The van der Waals surface area contributed by atoms with Crippen molar-refractivity contribution in [1.29, 1.82) is 0 Å². The molecule has 3 rings (SSSR count). The van der Waals surface area contributed by atoms with Crippen molar-refractivity contribution in [3.05, 3.63) is 65.0 Å². The van der Waals surface area contributed by atoms with Crippen molar-refractivity contribution in [3.63, 3.8) is 0 Å². The highest BCUT2D eigenvalue weighted by atomic mass is 19.4. The Kier molecular flexibility index (Phi) is 3.71. The van der Waals surface area contributed by atoms with Gasteiger partial charge in [-0.2, -0.15) is 13.2 Å². The van der Waals surface area contributed by atoms with E-state index in [1.807, 2.05) is 12.1 Å². The summed E-state index contributed by atoms with van der Waals surface area (Å²) in [6.07, 6.45) is -1.58. The molecular weight excluding hydrogens is 301 g/mol. The van der Waals surface area contributed by atoms with Gasteiger partial charge in [-0.15, -0.1) is 0 Å². The summed E-state index contributed by atoms with van der Waals surface area (Å²) in [6.45, 7) is 4.39. The summed E-state index contributed by atoms with van der Waals surface area (Å²) in [5.74, 6) is 0.409. The van der Waals surface area contributed by atoms with Gasteiger partial charge in [-0.1, -0.05) is 32.0 Å². The van der Waals surface area contributed by atoms with Gasteiger partial charge in [-0.25, -0.2) is 0 Å². The molecule has 1 saturated carbocycles. The predicted octanol–water partition coefficient (Wildman–Crippen LogP) is 4.66. The topological polar surface area (TPSA) is 38.9 Å². The third-order valence-electron chi connectivity index (χ3n) is 4.65. The zero-order valence-corrected chi connectivity index (χ0v) is 13.1. The Bertz CT molecular complexity index is 705. The Morgan fingerprint density at radius 3 is 2.30 bits per heavy atom. The summed E-state index contributed by atoms with van der Waals surface area (Å²) in [4.78, 5) is 4.41. The van der Waals surface area contributed by atoms with Crippen LogP contribution in [0.1, 0.15) is 54.6 Å². The molecule has 0 spiro atoms. The second-order valence-electron chi connectivity index (χ2n) is 6.82. The maximum absolute atomic E-state index is 12.7. The van der Waals surface area contributed by atoms with Gasteiger partial charge in [0.2, 0.25) is 0 Å². The lowest BCUT2D eigenvalue weighted by Gasteiger charge is -2.17. The van der Waals surface area contributed by atoms with Crippen molar-refractivity contribution in [2.45, 2.75) is 38.4 Å². The molecule has 0 amide bonds. The van der Waals surface area contributed by atoms with Crippen LogP contribution in [-0.4, -0.2) is 4.98 Å². The summed E-state index contributed by atoms with van der Waals surface area (Å²) >= 11 is 0. The first-order valence-electron chi connectivity index (χ1n) is 7.58. The van der Waals surface area contributed by atoms with Crippen molar-refractivity contribution in [2.24, 2.45) is 11.1 Å². The fraction of sp³-hybridized carbons (Fsp3) is 0.389. The average molecular weight is 320 g/mol. The first kappa shape index (κ1) is 16.0. The molecule has 0 bridgehead atoms. The number of alkyl halides is 3. The van der Waals surface area contributed by atoms with Gasteiger partial charge in [0, 0.05) is 6.20 Å². The van der Waals surface area contributed by atoms with Crippen LogP contribution in [0, 0.1) is 5.41 Å². The highest BCUT2D eigenvalue weighted by Gasteiger charge is 2.47. The SMILES string of the molecule is CC1(C)C[C@@H]1c1cccnc1[C@@H](N)c1ccc(C(F)(F)F)cc1. The Balaban J connectivity index is 1.91. The van der Waals surface area contributed by atoms with Gasteiger partial charge >= 0.3 is 6.18 Å². The van der Waals surface area contributed by atoms with Gasteiger partial charge in [0.15, 0.2) is 0 Å². The molecular formula is C18H19F3N2. The Morgan fingerprint density at radius 2 is 1.78 bits per heavy atom. The fourth-order valence-corrected chi connectivity index (χ4v) is 3.02. The Labute approximate surface area is 133 Å². The molecule has 2 N–H and O–H groups in total. The molecule has 5 heteroatoms. The zero-order chi connectivity index (χ0) is 16.8.